The zero-order chi connectivity index (χ0) is 20.1. The van der Waals surface area contributed by atoms with Crippen molar-refractivity contribution in [1.82, 2.24) is 10.1 Å². The van der Waals surface area contributed by atoms with Crippen molar-refractivity contribution in [1.29, 1.82) is 0 Å². The molecule has 7 nitrogen and oxygen atoms in total. The molecule has 3 aromatic rings. The molecule has 0 aliphatic rings. The first kappa shape index (κ1) is 19.2. The van der Waals surface area contributed by atoms with Gasteiger partial charge in [-0.3, -0.25) is 0 Å². The molecular weight excluding hydrogens is 381 g/mol. The van der Waals surface area contributed by atoms with Gasteiger partial charge in [0.25, 0.3) is 5.89 Å². The van der Waals surface area contributed by atoms with Crippen LogP contribution in [0.5, 0.6) is 11.5 Å². The molecule has 0 saturated carbocycles. The van der Waals surface area contributed by atoms with Crippen molar-refractivity contribution in [2.24, 2.45) is 0 Å². The standard InChI is InChI=1S/C18H13F3N2O5/c1-25-14-8-11(4-7-13(14)27-18(20)21)17(24)26-9-15-22-16(23-28-15)10-2-5-12(19)6-3-10/h2-8,18H,9H2,1H3. The Kier molecular flexibility index (Phi) is 5.78. The van der Waals surface area contributed by atoms with Gasteiger partial charge in [-0.2, -0.15) is 13.8 Å². The number of alkyl halides is 2. The van der Waals surface area contributed by atoms with Gasteiger partial charge in [-0.1, -0.05) is 5.16 Å². The quantitative estimate of drug-likeness (QED) is 0.563. The molecule has 0 atom stereocenters. The Morgan fingerprint density at radius 1 is 1.14 bits per heavy atom. The summed E-state index contributed by atoms with van der Waals surface area (Å²) in [6.45, 7) is -3.34. The number of carbonyl (C=O) groups is 1. The molecule has 2 aromatic carbocycles. The van der Waals surface area contributed by atoms with Gasteiger partial charge in [0.15, 0.2) is 18.1 Å². The van der Waals surface area contributed by atoms with Crippen LogP contribution in [0.15, 0.2) is 47.0 Å². The SMILES string of the molecule is COc1cc(C(=O)OCc2nc(-c3ccc(F)cc3)no2)ccc1OC(F)F. The molecule has 0 N–H and O–H groups in total. The second-order valence-electron chi connectivity index (χ2n) is 5.34. The monoisotopic (exact) mass is 394 g/mol. The molecule has 146 valence electrons. The summed E-state index contributed by atoms with van der Waals surface area (Å²) in [4.78, 5) is 16.2. The molecule has 3 rings (SSSR count). The van der Waals surface area contributed by atoms with Gasteiger partial charge in [0.1, 0.15) is 5.82 Å². The van der Waals surface area contributed by atoms with Gasteiger partial charge in [0, 0.05) is 5.56 Å². The van der Waals surface area contributed by atoms with Crippen molar-refractivity contribution in [2.45, 2.75) is 13.2 Å². The van der Waals surface area contributed by atoms with Crippen LogP contribution in [-0.2, 0) is 11.3 Å². The number of hydrogen-bond donors (Lipinski definition) is 0. The van der Waals surface area contributed by atoms with Gasteiger partial charge < -0.3 is 18.7 Å². The Morgan fingerprint density at radius 2 is 1.89 bits per heavy atom. The fourth-order valence-electron chi connectivity index (χ4n) is 2.23. The number of nitrogens with zero attached hydrogens (tertiary/aromatic N) is 2. The predicted molar refractivity (Wildman–Crippen MR) is 88.4 cm³/mol. The number of benzene rings is 2. The molecule has 0 fully saturated rings. The van der Waals surface area contributed by atoms with Gasteiger partial charge >= 0.3 is 12.6 Å². The van der Waals surface area contributed by atoms with E-state index in [1.54, 1.807) is 0 Å². The van der Waals surface area contributed by atoms with Crippen LogP contribution in [0.1, 0.15) is 16.2 Å². The number of esters is 1. The van der Waals surface area contributed by atoms with E-state index in [-0.39, 0.29) is 35.4 Å². The Bertz CT molecular complexity index is 960. The van der Waals surface area contributed by atoms with Gasteiger partial charge in [-0.25, -0.2) is 9.18 Å². The van der Waals surface area contributed by atoms with E-state index in [0.29, 0.717) is 5.56 Å². The first-order valence-electron chi connectivity index (χ1n) is 7.85. The molecule has 0 radical (unpaired) electrons. The normalized spacial score (nSPS) is 10.8. The van der Waals surface area contributed by atoms with E-state index in [1.807, 2.05) is 0 Å². The molecule has 10 heteroatoms. The minimum Gasteiger partial charge on any atom is -0.493 e. The molecule has 0 aliphatic carbocycles. The largest absolute Gasteiger partial charge is 0.493 e. The van der Waals surface area contributed by atoms with E-state index in [1.165, 1.54) is 49.6 Å². The lowest BCUT2D eigenvalue weighted by Crippen LogP contribution is -2.07. The summed E-state index contributed by atoms with van der Waals surface area (Å²) >= 11 is 0. The minimum atomic E-state index is -3.03. The molecule has 0 aliphatic heterocycles. The van der Waals surface area contributed by atoms with Crippen molar-refractivity contribution >= 4 is 5.97 Å². The molecule has 1 aromatic heterocycles. The summed E-state index contributed by atoms with van der Waals surface area (Å²) in [6.07, 6.45) is 0. The fraction of sp³-hybridized carbons (Fsp3) is 0.167. The smallest absolute Gasteiger partial charge is 0.387 e. The zero-order valence-electron chi connectivity index (χ0n) is 14.4. The maximum absolute atomic E-state index is 12.9. The molecule has 0 bridgehead atoms. The predicted octanol–water partition coefficient (Wildman–Crippen LogP) is 3.84. The number of aromatic nitrogens is 2. The highest BCUT2D eigenvalue weighted by atomic mass is 19.3. The number of halogens is 3. The molecule has 28 heavy (non-hydrogen) atoms. The highest BCUT2D eigenvalue weighted by molar-refractivity contribution is 5.90. The van der Waals surface area contributed by atoms with E-state index in [4.69, 9.17) is 14.0 Å². The van der Waals surface area contributed by atoms with E-state index in [0.717, 1.165) is 0 Å². The molecule has 0 unspecified atom stereocenters. The summed E-state index contributed by atoms with van der Waals surface area (Å²) in [5.74, 6) is -1.19. The van der Waals surface area contributed by atoms with E-state index < -0.39 is 18.4 Å². The highest BCUT2D eigenvalue weighted by Gasteiger charge is 2.16. The lowest BCUT2D eigenvalue weighted by Gasteiger charge is -2.10. The number of carbonyl (C=O) groups excluding carboxylic acids is 1. The molecule has 0 spiro atoms. The number of methoxy groups -OCH3 is 1. The first-order chi connectivity index (χ1) is 13.5. The first-order valence-corrected chi connectivity index (χ1v) is 7.85. The van der Waals surface area contributed by atoms with Crippen molar-refractivity contribution in [3.05, 3.63) is 59.7 Å². The van der Waals surface area contributed by atoms with Crippen molar-refractivity contribution in [3.8, 4) is 22.9 Å². The average Bonchev–Trinajstić information content (AvgIpc) is 3.15. The van der Waals surface area contributed by atoms with Crippen molar-refractivity contribution in [2.75, 3.05) is 7.11 Å². The number of rotatable bonds is 7. The summed E-state index contributed by atoms with van der Waals surface area (Å²) in [6, 6.07) is 9.08. The van der Waals surface area contributed by atoms with Gasteiger partial charge in [-0.15, -0.1) is 0 Å². The van der Waals surface area contributed by atoms with Crippen LogP contribution in [0, 0.1) is 5.82 Å². The van der Waals surface area contributed by atoms with Crippen LogP contribution in [-0.4, -0.2) is 29.8 Å². The van der Waals surface area contributed by atoms with Gasteiger partial charge in [0.2, 0.25) is 5.82 Å². The Hall–Kier alpha value is -3.56. The van der Waals surface area contributed by atoms with Crippen LogP contribution in [0.25, 0.3) is 11.4 Å². The van der Waals surface area contributed by atoms with Gasteiger partial charge in [-0.05, 0) is 42.5 Å². The second kappa shape index (κ2) is 8.42. The Balaban J connectivity index is 1.65. The second-order valence-corrected chi connectivity index (χ2v) is 5.34. The van der Waals surface area contributed by atoms with Crippen LogP contribution in [0.2, 0.25) is 0 Å². The van der Waals surface area contributed by atoms with Crippen LogP contribution in [0.4, 0.5) is 13.2 Å². The van der Waals surface area contributed by atoms with Crippen LogP contribution < -0.4 is 9.47 Å². The summed E-state index contributed by atoms with van der Waals surface area (Å²) in [5.41, 5.74) is 0.582. The summed E-state index contributed by atoms with van der Waals surface area (Å²) < 4.78 is 56.9. The van der Waals surface area contributed by atoms with Crippen molar-refractivity contribution < 1.29 is 36.7 Å². The Morgan fingerprint density at radius 3 is 2.57 bits per heavy atom. The van der Waals surface area contributed by atoms with Crippen molar-refractivity contribution in [3.63, 3.8) is 0 Å². The maximum Gasteiger partial charge on any atom is 0.387 e. The molecule has 0 amide bonds. The number of hydrogen-bond acceptors (Lipinski definition) is 7. The minimum absolute atomic E-state index is 0.0253. The van der Waals surface area contributed by atoms with E-state index >= 15 is 0 Å². The molecular formula is C18H13F3N2O5. The topological polar surface area (TPSA) is 83.7 Å². The molecule has 0 saturated heterocycles. The fourth-order valence-corrected chi connectivity index (χ4v) is 2.23. The third-order valence-electron chi connectivity index (χ3n) is 3.51. The van der Waals surface area contributed by atoms with E-state index in [9.17, 15) is 18.0 Å². The van der Waals surface area contributed by atoms with Crippen LogP contribution >= 0.6 is 0 Å². The number of ether oxygens (including phenoxy) is 3. The average molecular weight is 394 g/mol. The lowest BCUT2D eigenvalue weighted by molar-refractivity contribution is -0.0512. The third kappa shape index (κ3) is 4.58. The third-order valence-corrected chi connectivity index (χ3v) is 3.51. The zero-order valence-corrected chi connectivity index (χ0v) is 14.4. The Labute approximate surface area is 156 Å². The summed E-state index contributed by atoms with van der Waals surface area (Å²) in [5, 5.41) is 3.73. The lowest BCUT2D eigenvalue weighted by atomic mass is 10.2. The maximum atomic E-state index is 12.9. The highest BCUT2D eigenvalue weighted by Crippen LogP contribution is 2.29. The molecule has 1 heterocycles. The van der Waals surface area contributed by atoms with Crippen LogP contribution in [0.3, 0.4) is 0 Å². The summed E-state index contributed by atoms with van der Waals surface area (Å²) in [7, 11) is 1.25. The van der Waals surface area contributed by atoms with E-state index in [2.05, 4.69) is 14.9 Å². The van der Waals surface area contributed by atoms with Gasteiger partial charge in [0.05, 0.1) is 12.7 Å².